The summed E-state index contributed by atoms with van der Waals surface area (Å²) in [6.07, 6.45) is 0.182. The van der Waals surface area contributed by atoms with E-state index in [1.54, 1.807) is 6.07 Å². The molecule has 0 aliphatic carbocycles. The minimum absolute atomic E-state index is 0.134. The average Bonchev–Trinajstić information content (AvgIpc) is 2.95. The van der Waals surface area contributed by atoms with Gasteiger partial charge >= 0.3 is 0 Å². The predicted octanol–water partition coefficient (Wildman–Crippen LogP) is 1.66. The number of benzene rings is 1. The van der Waals surface area contributed by atoms with Gasteiger partial charge in [0.05, 0.1) is 12.5 Å². The molecule has 1 atom stereocenters. The van der Waals surface area contributed by atoms with Crippen LogP contribution in [0, 0.1) is 6.92 Å². The molecule has 2 amide bonds. The zero-order valence-electron chi connectivity index (χ0n) is 10.7. The number of nitrogens with one attached hydrogen (secondary N) is 2. The molecule has 0 bridgehead atoms. The summed E-state index contributed by atoms with van der Waals surface area (Å²) < 4.78 is 0. The number of fused-ring (bicyclic) bond motifs is 1. The highest BCUT2D eigenvalue weighted by Crippen LogP contribution is 2.27. The van der Waals surface area contributed by atoms with Crippen molar-refractivity contribution in [3.8, 4) is 0 Å². The molecule has 2 aromatic rings. The Labute approximate surface area is 119 Å². The minimum atomic E-state index is -0.285. The van der Waals surface area contributed by atoms with Crippen LogP contribution in [0.15, 0.2) is 24.3 Å². The van der Waals surface area contributed by atoms with E-state index in [4.69, 9.17) is 0 Å². The van der Waals surface area contributed by atoms with Crippen molar-refractivity contribution in [3.05, 3.63) is 40.4 Å². The molecular formula is C13H12N4O2S. The lowest BCUT2D eigenvalue weighted by Crippen LogP contribution is -2.24. The van der Waals surface area contributed by atoms with Crippen LogP contribution in [-0.4, -0.2) is 22.0 Å². The number of amides is 2. The van der Waals surface area contributed by atoms with E-state index in [1.165, 1.54) is 11.3 Å². The first-order valence-electron chi connectivity index (χ1n) is 6.13. The molecule has 20 heavy (non-hydrogen) atoms. The number of nitrogens with zero attached hydrogens (tertiary/aromatic N) is 2. The van der Waals surface area contributed by atoms with E-state index in [9.17, 15) is 9.59 Å². The van der Waals surface area contributed by atoms with E-state index in [-0.39, 0.29) is 24.3 Å². The van der Waals surface area contributed by atoms with Gasteiger partial charge in [-0.1, -0.05) is 29.5 Å². The van der Waals surface area contributed by atoms with E-state index in [0.717, 1.165) is 10.6 Å². The van der Waals surface area contributed by atoms with Crippen LogP contribution in [0.4, 0.5) is 5.13 Å². The number of carbonyl (C=O) groups excluding carboxylic acids is 2. The highest BCUT2D eigenvalue weighted by molar-refractivity contribution is 7.15. The Morgan fingerprint density at radius 3 is 2.95 bits per heavy atom. The van der Waals surface area contributed by atoms with Crippen LogP contribution in [0.5, 0.6) is 0 Å². The van der Waals surface area contributed by atoms with Crippen LogP contribution < -0.4 is 10.6 Å². The number of hydrogen-bond acceptors (Lipinski definition) is 5. The van der Waals surface area contributed by atoms with Crippen LogP contribution in [0.25, 0.3) is 0 Å². The number of rotatable bonds is 3. The standard InChI is InChI=1S/C13H12N4O2S/c1-7-16-17-13(20-7)15-11(18)6-10-8-4-2-3-5-9(8)12(19)14-10/h2-5,10H,6H2,1H3,(H,14,19)(H,15,17,18). The fourth-order valence-electron chi connectivity index (χ4n) is 2.19. The number of aryl methyl sites for hydroxylation is 1. The lowest BCUT2D eigenvalue weighted by molar-refractivity contribution is -0.116. The molecule has 0 spiro atoms. The van der Waals surface area contributed by atoms with Crippen molar-refractivity contribution in [3.63, 3.8) is 0 Å². The summed E-state index contributed by atoms with van der Waals surface area (Å²) in [6, 6.07) is 7.01. The third-order valence-corrected chi connectivity index (χ3v) is 3.80. The molecule has 1 unspecified atom stereocenters. The molecule has 1 aromatic heterocycles. The van der Waals surface area contributed by atoms with Gasteiger partial charge in [0.25, 0.3) is 5.91 Å². The largest absolute Gasteiger partial charge is 0.345 e. The fourth-order valence-corrected chi connectivity index (χ4v) is 2.79. The number of aromatic nitrogens is 2. The maximum atomic E-state index is 12.0. The molecule has 1 aliphatic heterocycles. The number of hydrogen-bond donors (Lipinski definition) is 2. The molecule has 0 saturated carbocycles. The molecule has 2 heterocycles. The average molecular weight is 288 g/mol. The first kappa shape index (κ1) is 12.7. The summed E-state index contributed by atoms with van der Waals surface area (Å²) in [5.41, 5.74) is 1.50. The third-order valence-electron chi connectivity index (χ3n) is 3.05. The Morgan fingerprint density at radius 2 is 2.20 bits per heavy atom. The van der Waals surface area contributed by atoms with Crippen molar-refractivity contribution in [1.29, 1.82) is 0 Å². The lowest BCUT2D eigenvalue weighted by atomic mass is 10.0. The Kier molecular flexibility index (Phi) is 3.19. The second kappa shape index (κ2) is 5.01. The Hall–Kier alpha value is -2.28. The van der Waals surface area contributed by atoms with Gasteiger partial charge in [-0.3, -0.25) is 9.59 Å². The molecular weight excluding hydrogens is 276 g/mol. The summed E-state index contributed by atoms with van der Waals surface area (Å²) >= 11 is 1.32. The molecule has 3 rings (SSSR count). The molecule has 2 N–H and O–H groups in total. The number of carbonyl (C=O) groups is 2. The van der Waals surface area contributed by atoms with E-state index >= 15 is 0 Å². The van der Waals surface area contributed by atoms with Gasteiger partial charge in [0.15, 0.2) is 0 Å². The van der Waals surface area contributed by atoms with E-state index < -0.39 is 0 Å². The van der Waals surface area contributed by atoms with Crippen molar-refractivity contribution in [1.82, 2.24) is 15.5 Å². The quantitative estimate of drug-likeness (QED) is 0.899. The smallest absolute Gasteiger partial charge is 0.252 e. The first-order valence-corrected chi connectivity index (χ1v) is 6.95. The van der Waals surface area contributed by atoms with Gasteiger partial charge in [-0.05, 0) is 18.6 Å². The second-order valence-electron chi connectivity index (χ2n) is 4.49. The predicted molar refractivity (Wildman–Crippen MR) is 74.5 cm³/mol. The minimum Gasteiger partial charge on any atom is -0.345 e. The maximum Gasteiger partial charge on any atom is 0.252 e. The normalized spacial score (nSPS) is 16.6. The van der Waals surface area contributed by atoms with Gasteiger partial charge in [-0.2, -0.15) is 0 Å². The highest BCUT2D eigenvalue weighted by atomic mass is 32.1. The molecule has 0 radical (unpaired) electrons. The summed E-state index contributed by atoms with van der Waals surface area (Å²) in [6.45, 7) is 1.82. The molecule has 0 saturated heterocycles. The molecule has 7 heteroatoms. The van der Waals surface area contributed by atoms with Crippen molar-refractivity contribution >= 4 is 28.3 Å². The molecule has 0 fully saturated rings. The highest BCUT2D eigenvalue weighted by Gasteiger charge is 2.29. The van der Waals surface area contributed by atoms with Crippen molar-refractivity contribution < 1.29 is 9.59 Å². The molecule has 102 valence electrons. The van der Waals surface area contributed by atoms with Crippen LogP contribution in [0.1, 0.15) is 33.4 Å². The summed E-state index contributed by atoms with van der Waals surface area (Å²) in [7, 11) is 0. The van der Waals surface area contributed by atoms with Crippen LogP contribution in [0.2, 0.25) is 0 Å². The van der Waals surface area contributed by atoms with Crippen LogP contribution in [-0.2, 0) is 4.79 Å². The Morgan fingerprint density at radius 1 is 1.40 bits per heavy atom. The molecule has 6 nitrogen and oxygen atoms in total. The van der Waals surface area contributed by atoms with Gasteiger partial charge in [-0.25, -0.2) is 0 Å². The van der Waals surface area contributed by atoms with Crippen LogP contribution in [0.3, 0.4) is 0 Å². The summed E-state index contributed by atoms with van der Waals surface area (Å²) in [4.78, 5) is 23.7. The van der Waals surface area contributed by atoms with Crippen LogP contribution >= 0.6 is 11.3 Å². The maximum absolute atomic E-state index is 12.0. The SMILES string of the molecule is Cc1nnc(NC(=O)CC2NC(=O)c3ccccc32)s1. The van der Waals surface area contributed by atoms with Gasteiger partial charge in [0.1, 0.15) is 5.01 Å². The molecule has 1 aliphatic rings. The van der Waals surface area contributed by atoms with Gasteiger partial charge < -0.3 is 10.6 Å². The fraction of sp³-hybridized carbons (Fsp3) is 0.231. The monoisotopic (exact) mass is 288 g/mol. The van der Waals surface area contributed by atoms with Gasteiger partial charge in [0, 0.05) is 5.56 Å². The second-order valence-corrected chi connectivity index (χ2v) is 5.67. The van der Waals surface area contributed by atoms with Gasteiger partial charge in [0.2, 0.25) is 11.0 Å². The van der Waals surface area contributed by atoms with E-state index in [2.05, 4.69) is 20.8 Å². The van der Waals surface area contributed by atoms with E-state index in [1.807, 2.05) is 25.1 Å². The molecule has 1 aromatic carbocycles. The van der Waals surface area contributed by atoms with E-state index in [0.29, 0.717) is 10.7 Å². The summed E-state index contributed by atoms with van der Waals surface area (Å²) in [5.74, 6) is -0.326. The third kappa shape index (κ3) is 2.39. The zero-order valence-corrected chi connectivity index (χ0v) is 11.5. The number of anilines is 1. The summed E-state index contributed by atoms with van der Waals surface area (Å²) in [5, 5.41) is 14.4. The van der Waals surface area contributed by atoms with Crippen molar-refractivity contribution in [2.45, 2.75) is 19.4 Å². The zero-order chi connectivity index (χ0) is 14.1. The Bertz CT molecular complexity index is 683. The Balaban J connectivity index is 1.70. The lowest BCUT2D eigenvalue weighted by Gasteiger charge is -2.10. The topological polar surface area (TPSA) is 84.0 Å². The van der Waals surface area contributed by atoms with Crippen molar-refractivity contribution in [2.24, 2.45) is 0 Å². The van der Waals surface area contributed by atoms with Crippen molar-refractivity contribution in [2.75, 3.05) is 5.32 Å². The first-order chi connectivity index (χ1) is 9.63. The van der Waals surface area contributed by atoms with Gasteiger partial charge in [-0.15, -0.1) is 10.2 Å².